The van der Waals surface area contributed by atoms with Crippen LogP contribution in [0.4, 0.5) is 5.82 Å². The van der Waals surface area contributed by atoms with Gasteiger partial charge in [-0.05, 0) is 56.7 Å². The van der Waals surface area contributed by atoms with E-state index < -0.39 is 0 Å². The van der Waals surface area contributed by atoms with Crippen molar-refractivity contribution in [2.45, 2.75) is 45.1 Å². The number of rotatable bonds is 5. The lowest BCUT2D eigenvalue weighted by Crippen LogP contribution is -2.44. The molecule has 0 bridgehead atoms. The normalized spacial score (nSPS) is 26.0. The number of nitrogens with one attached hydrogen (secondary N) is 1. The van der Waals surface area contributed by atoms with Gasteiger partial charge in [0.15, 0.2) is 11.6 Å². The van der Waals surface area contributed by atoms with Crippen molar-refractivity contribution in [3.05, 3.63) is 18.3 Å². The van der Waals surface area contributed by atoms with Crippen molar-refractivity contribution < 1.29 is 4.74 Å². The van der Waals surface area contributed by atoms with E-state index >= 15 is 0 Å². The van der Waals surface area contributed by atoms with E-state index in [1.54, 1.807) is 0 Å². The van der Waals surface area contributed by atoms with Crippen molar-refractivity contribution in [1.82, 2.24) is 10.3 Å². The Morgan fingerprint density at radius 1 is 1.38 bits per heavy atom. The molecule has 1 N–H and O–H groups in total. The molecule has 3 heterocycles. The van der Waals surface area contributed by atoms with Crippen molar-refractivity contribution in [2.75, 3.05) is 31.1 Å². The first-order valence-electron chi connectivity index (χ1n) is 8.44. The largest absolute Gasteiger partial charge is 0.490 e. The Morgan fingerprint density at radius 3 is 3.14 bits per heavy atom. The highest BCUT2D eigenvalue weighted by molar-refractivity contribution is 5.52. The Hall–Kier alpha value is -1.29. The van der Waals surface area contributed by atoms with Crippen LogP contribution in [0.15, 0.2) is 18.3 Å². The molecule has 2 fully saturated rings. The van der Waals surface area contributed by atoms with Crippen LogP contribution in [0, 0.1) is 5.92 Å². The molecule has 2 atom stereocenters. The summed E-state index contributed by atoms with van der Waals surface area (Å²) in [6.45, 7) is 6.30. The fraction of sp³-hybridized carbons (Fsp3) is 0.706. The number of aromatic nitrogens is 1. The molecule has 3 rings (SSSR count). The molecular formula is C17H27N3O. The summed E-state index contributed by atoms with van der Waals surface area (Å²) < 4.78 is 5.88. The van der Waals surface area contributed by atoms with Gasteiger partial charge in [0, 0.05) is 25.3 Å². The molecule has 21 heavy (non-hydrogen) atoms. The van der Waals surface area contributed by atoms with E-state index in [4.69, 9.17) is 4.74 Å². The molecule has 0 aromatic carbocycles. The lowest BCUT2D eigenvalue weighted by Gasteiger charge is -2.37. The zero-order chi connectivity index (χ0) is 14.5. The molecule has 0 saturated carbocycles. The summed E-state index contributed by atoms with van der Waals surface area (Å²) in [6, 6.07) is 4.72. The minimum atomic E-state index is 0.705. The molecule has 4 nitrogen and oxygen atoms in total. The topological polar surface area (TPSA) is 37.4 Å². The fourth-order valence-corrected chi connectivity index (χ4v) is 3.59. The summed E-state index contributed by atoms with van der Waals surface area (Å²) >= 11 is 0. The van der Waals surface area contributed by atoms with Crippen molar-refractivity contribution in [2.24, 2.45) is 5.92 Å². The van der Waals surface area contributed by atoms with Crippen LogP contribution >= 0.6 is 0 Å². The summed E-state index contributed by atoms with van der Waals surface area (Å²) in [5, 5.41) is 3.67. The first kappa shape index (κ1) is 14.6. The number of anilines is 1. The third kappa shape index (κ3) is 3.49. The van der Waals surface area contributed by atoms with Crippen LogP contribution in [0.2, 0.25) is 0 Å². The lowest BCUT2D eigenvalue weighted by atomic mass is 9.90. The predicted octanol–water partition coefficient (Wildman–Crippen LogP) is 2.84. The first-order valence-corrected chi connectivity index (χ1v) is 8.44. The van der Waals surface area contributed by atoms with E-state index in [0.29, 0.717) is 6.04 Å². The highest BCUT2D eigenvalue weighted by Gasteiger charge is 2.30. The van der Waals surface area contributed by atoms with Gasteiger partial charge in [0.1, 0.15) is 0 Å². The molecule has 4 heteroatoms. The Labute approximate surface area is 127 Å². The number of pyridine rings is 1. The summed E-state index contributed by atoms with van der Waals surface area (Å²) in [4.78, 5) is 7.03. The summed E-state index contributed by atoms with van der Waals surface area (Å²) in [5.74, 6) is 2.73. The molecule has 2 unspecified atom stereocenters. The van der Waals surface area contributed by atoms with Crippen LogP contribution in [-0.2, 0) is 0 Å². The molecule has 116 valence electrons. The highest BCUT2D eigenvalue weighted by Crippen LogP contribution is 2.31. The van der Waals surface area contributed by atoms with Crippen LogP contribution in [0.5, 0.6) is 5.75 Å². The molecular weight excluding hydrogens is 262 g/mol. The van der Waals surface area contributed by atoms with Gasteiger partial charge >= 0.3 is 0 Å². The smallest absolute Gasteiger partial charge is 0.171 e. The minimum Gasteiger partial charge on any atom is -0.490 e. The second-order valence-corrected chi connectivity index (χ2v) is 6.22. The molecule has 1 aromatic heterocycles. The van der Waals surface area contributed by atoms with Gasteiger partial charge in [-0.1, -0.05) is 6.92 Å². The summed E-state index contributed by atoms with van der Waals surface area (Å²) in [5.41, 5.74) is 0. The average molecular weight is 289 g/mol. The standard InChI is InChI=1S/C17H27N3O/c1-2-12-21-16-8-4-10-19-17(16)20-11-5-6-14(13-20)15-7-3-9-18-15/h4,8,10,14-15,18H,2-3,5-7,9,11-13H2,1H3. The van der Waals surface area contributed by atoms with Gasteiger partial charge in [-0.25, -0.2) is 4.98 Å². The van der Waals surface area contributed by atoms with Gasteiger partial charge < -0.3 is 15.0 Å². The predicted molar refractivity (Wildman–Crippen MR) is 86.0 cm³/mol. The van der Waals surface area contributed by atoms with E-state index in [2.05, 4.69) is 28.2 Å². The van der Waals surface area contributed by atoms with Crippen molar-refractivity contribution >= 4 is 5.82 Å². The average Bonchev–Trinajstić information content (AvgIpc) is 3.08. The third-order valence-corrected chi connectivity index (χ3v) is 4.64. The van der Waals surface area contributed by atoms with E-state index in [0.717, 1.165) is 43.6 Å². The van der Waals surface area contributed by atoms with Gasteiger partial charge in [0.2, 0.25) is 0 Å². The maximum Gasteiger partial charge on any atom is 0.171 e. The van der Waals surface area contributed by atoms with Gasteiger partial charge in [-0.3, -0.25) is 0 Å². The van der Waals surface area contributed by atoms with Crippen LogP contribution in [-0.4, -0.2) is 37.3 Å². The van der Waals surface area contributed by atoms with Crippen LogP contribution in [0.1, 0.15) is 39.0 Å². The van der Waals surface area contributed by atoms with Crippen LogP contribution in [0.3, 0.4) is 0 Å². The molecule has 0 spiro atoms. The maximum atomic E-state index is 5.88. The maximum absolute atomic E-state index is 5.88. The van der Waals surface area contributed by atoms with Crippen molar-refractivity contribution in [1.29, 1.82) is 0 Å². The minimum absolute atomic E-state index is 0.705. The highest BCUT2D eigenvalue weighted by atomic mass is 16.5. The molecule has 2 aliphatic rings. The van der Waals surface area contributed by atoms with E-state index in [-0.39, 0.29) is 0 Å². The van der Waals surface area contributed by atoms with Crippen LogP contribution in [0.25, 0.3) is 0 Å². The first-order chi connectivity index (χ1) is 10.4. The van der Waals surface area contributed by atoms with Gasteiger partial charge in [0.05, 0.1) is 6.61 Å². The number of ether oxygens (including phenoxy) is 1. The van der Waals surface area contributed by atoms with E-state index in [1.807, 2.05) is 12.3 Å². The van der Waals surface area contributed by atoms with Gasteiger partial charge in [-0.15, -0.1) is 0 Å². The Bertz CT molecular complexity index is 445. The quantitative estimate of drug-likeness (QED) is 0.904. The molecule has 0 radical (unpaired) electrons. The molecule has 0 aliphatic carbocycles. The monoisotopic (exact) mass is 289 g/mol. The summed E-state index contributed by atoms with van der Waals surface area (Å²) in [6.07, 6.45) is 8.17. The Balaban J connectivity index is 1.70. The number of hydrogen-bond acceptors (Lipinski definition) is 4. The number of nitrogens with zero attached hydrogens (tertiary/aromatic N) is 2. The SMILES string of the molecule is CCCOc1cccnc1N1CCCC(C2CCCN2)C1. The van der Waals surface area contributed by atoms with Crippen molar-refractivity contribution in [3.63, 3.8) is 0 Å². The second kappa shape index (κ2) is 7.12. The Kier molecular flexibility index (Phi) is 4.96. The fourth-order valence-electron chi connectivity index (χ4n) is 3.59. The summed E-state index contributed by atoms with van der Waals surface area (Å²) in [7, 11) is 0. The zero-order valence-corrected chi connectivity index (χ0v) is 13.1. The molecule has 2 saturated heterocycles. The number of piperidine rings is 1. The van der Waals surface area contributed by atoms with E-state index in [9.17, 15) is 0 Å². The van der Waals surface area contributed by atoms with Crippen LogP contribution < -0.4 is 15.0 Å². The molecule has 0 amide bonds. The Morgan fingerprint density at radius 2 is 2.33 bits per heavy atom. The molecule has 1 aromatic rings. The van der Waals surface area contributed by atoms with E-state index in [1.165, 1.54) is 32.2 Å². The number of hydrogen-bond donors (Lipinski definition) is 1. The lowest BCUT2D eigenvalue weighted by molar-refractivity contribution is 0.306. The molecule has 2 aliphatic heterocycles. The third-order valence-electron chi connectivity index (χ3n) is 4.64. The van der Waals surface area contributed by atoms with Crippen molar-refractivity contribution in [3.8, 4) is 5.75 Å². The zero-order valence-electron chi connectivity index (χ0n) is 13.1. The van der Waals surface area contributed by atoms with Gasteiger partial charge in [0.25, 0.3) is 0 Å². The van der Waals surface area contributed by atoms with Gasteiger partial charge in [-0.2, -0.15) is 0 Å². The second-order valence-electron chi connectivity index (χ2n) is 6.22.